The normalized spacial score (nSPS) is 13.3. The Morgan fingerprint density at radius 2 is 1.17 bits per heavy atom. The van der Waals surface area contributed by atoms with Gasteiger partial charge in [-0.25, -0.2) is 0 Å². The quantitative estimate of drug-likeness (QED) is 0.466. The lowest BCUT2D eigenvalue weighted by atomic mass is 9.98. The first-order chi connectivity index (χ1) is 11.4. The molecule has 1 heterocycles. The Bertz CT molecular complexity index is 1020. The highest BCUT2D eigenvalue weighted by atomic mass is 15.3. The standard InChI is InChI=1S/C21H16N2/c1-2-8-15(9-3-1)23-14-22-20-18-12-6-4-10-16(18)17-11-5-7-13-19(17)21(20)23/h1-13,22H,14H2. The Balaban J connectivity index is 1.91. The highest BCUT2D eigenvalue weighted by Crippen LogP contribution is 2.47. The van der Waals surface area contributed by atoms with Gasteiger partial charge in [0.15, 0.2) is 0 Å². The van der Waals surface area contributed by atoms with Crippen molar-refractivity contribution in [3.63, 3.8) is 0 Å². The third-order valence-corrected chi connectivity index (χ3v) is 4.66. The Hall–Kier alpha value is -3.00. The summed E-state index contributed by atoms with van der Waals surface area (Å²) in [6, 6.07) is 27.9. The summed E-state index contributed by atoms with van der Waals surface area (Å²) in [5.74, 6) is 0. The summed E-state index contributed by atoms with van der Waals surface area (Å²) in [5, 5.41) is 8.82. The summed E-state index contributed by atoms with van der Waals surface area (Å²) in [7, 11) is 0. The van der Waals surface area contributed by atoms with Crippen LogP contribution in [0.3, 0.4) is 0 Å². The molecule has 1 N–H and O–H groups in total. The third-order valence-electron chi connectivity index (χ3n) is 4.66. The lowest BCUT2D eigenvalue weighted by Crippen LogP contribution is -2.16. The molecule has 1 aliphatic heterocycles. The Morgan fingerprint density at radius 3 is 1.91 bits per heavy atom. The Kier molecular flexibility index (Phi) is 2.59. The number of rotatable bonds is 1. The molecule has 4 aromatic carbocycles. The lowest BCUT2D eigenvalue weighted by Gasteiger charge is -2.20. The predicted octanol–water partition coefficient (Wildman–Crippen LogP) is 5.51. The Labute approximate surface area is 135 Å². The van der Waals surface area contributed by atoms with E-state index < -0.39 is 0 Å². The highest BCUT2D eigenvalue weighted by Gasteiger charge is 2.25. The van der Waals surface area contributed by atoms with Gasteiger partial charge in [-0.2, -0.15) is 0 Å². The first kappa shape index (κ1) is 12.5. The zero-order valence-corrected chi connectivity index (χ0v) is 12.7. The minimum atomic E-state index is 0.803. The van der Waals surface area contributed by atoms with E-state index in [2.05, 4.69) is 89.1 Å². The number of hydrogen-bond acceptors (Lipinski definition) is 2. The van der Waals surface area contributed by atoms with Crippen LogP contribution >= 0.6 is 0 Å². The van der Waals surface area contributed by atoms with Crippen molar-refractivity contribution in [1.82, 2.24) is 0 Å². The summed E-state index contributed by atoms with van der Waals surface area (Å²) in [4.78, 5) is 2.37. The zero-order chi connectivity index (χ0) is 15.2. The molecular formula is C21H16N2. The molecule has 0 aliphatic carbocycles. The molecule has 2 heteroatoms. The number of anilines is 3. The zero-order valence-electron chi connectivity index (χ0n) is 12.7. The fourth-order valence-corrected chi connectivity index (χ4v) is 3.65. The second-order valence-corrected chi connectivity index (χ2v) is 5.91. The number of benzene rings is 4. The minimum Gasteiger partial charge on any atom is -0.365 e. The molecular weight excluding hydrogens is 280 g/mol. The molecule has 1 aliphatic rings. The van der Waals surface area contributed by atoms with Crippen LogP contribution in [0.15, 0.2) is 78.9 Å². The maximum Gasteiger partial charge on any atom is 0.0927 e. The molecule has 0 radical (unpaired) electrons. The molecule has 0 unspecified atom stereocenters. The van der Waals surface area contributed by atoms with Crippen LogP contribution in [0, 0.1) is 0 Å². The van der Waals surface area contributed by atoms with Gasteiger partial charge in [0.05, 0.1) is 18.0 Å². The van der Waals surface area contributed by atoms with Crippen molar-refractivity contribution in [2.24, 2.45) is 0 Å². The van der Waals surface area contributed by atoms with Crippen LogP contribution in [0.1, 0.15) is 0 Å². The van der Waals surface area contributed by atoms with E-state index in [4.69, 9.17) is 0 Å². The van der Waals surface area contributed by atoms with Crippen molar-refractivity contribution in [3.05, 3.63) is 78.9 Å². The number of hydrogen-bond donors (Lipinski definition) is 1. The molecule has 0 saturated heterocycles. The largest absolute Gasteiger partial charge is 0.365 e. The summed E-state index contributed by atoms with van der Waals surface area (Å²) < 4.78 is 0. The molecule has 0 atom stereocenters. The van der Waals surface area contributed by atoms with E-state index in [0.29, 0.717) is 0 Å². The van der Waals surface area contributed by atoms with Gasteiger partial charge in [0.2, 0.25) is 0 Å². The second kappa shape index (κ2) is 4.75. The summed E-state index contributed by atoms with van der Waals surface area (Å²) in [6.45, 7) is 0.803. The van der Waals surface area contributed by atoms with Crippen molar-refractivity contribution in [3.8, 4) is 0 Å². The van der Waals surface area contributed by atoms with Crippen molar-refractivity contribution in [1.29, 1.82) is 0 Å². The van der Waals surface area contributed by atoms with Gasteiger partial charge in [-0.3, -0.25) is 0 Å². The number of nitrogens with zero attached hydrogens (tertiary/aromatic N) is 1. The van der Waals surface area contributed by atoms with E-state index in [1.165, 1.54) is 38.6 Å². The van der Waals surface area contributed by atoms with E-state index >= 15 is 0 Å². The lowest BCUT2D eigenvalue weighted by molar-refractivity contribution is 1.10. The van der Waals surface area contributed by atoms with Gasteiger partial charge >= 0.3 is 0 Å². The van der Waals surface area contributed by atoms with Gasteiger partial charge in [-0.15, -0.1) is 0 Å². The molecule has 2 nitrogen and oxygen atoms in total. The van der Waals surface area contributed by atoms with Gasteiger partial charge in [0, 0.05) is 16.5 Å². The topological polar surface area (TPSA) is 15.3 Å². The van der Waals surface area contributed by atoms with Gasteiger partial charge < -0.3 is 10.2 Å². The molecule has 0 fully saturated rings. The Morgan fingerprint density at radius 1 is 0.609 bits per heavy atom. The fourth-order valence-electron chi connectivity index (χ4n) is 3.65. The van der Waals surface area contributed by atoms with Crippen LogP contribution in [0.4, 0.5) is 17.1 Å². The average Bonchev–Trinajstić information content (AvgIpc) is 3.08. The van der Waals surface area contributed by atoms with Crippen molar-refractivity contribution >= 4 is 38.6 Å². The average molecular weight is 296 g/mol. The van der Waals surface area contributed by atoms with Crippen LogP contribution in [0.25, 0.3) is 21.5 Å². The first-order valence-electron chi connectivity index (χ1n) is 7.93. The maximum absolute atomic E-state index is 3.61. The van der Waals surface area contributed by atoms with Crippen molar-refractivity contribution in [2.45, 2.75) is 0 Å². The second-order valence-electron chi connectivity index (χ2n) is 5.91. The van der Waals surface area contributed by atoms with Crippen LogP contribution in [-0.2, 0) is 0 Å². The number of nitrogens with one attached hydrogen (secondary N) is 1. The molecule has 5 rings (SSSR count). The first-order valence-corrected chi connectivity index (χ1v) is 7.93. The van der Waals surface area contributed by atoms with Gasteiger partial charge in [-0.05, 0) is 22.9 Å². The van der Waals surface area contributed by atoms with Gasteiger partial charge in [-0.1, -0.05) is 66.7 Å². The van der Waals surface area contributed by atoms with Crippen molar-refractivity contribution < 1.29 is 0 Å². The SMILES string of the molecule is c1ccc(N2CNc3c2c2ccccc2c2ccccc32)cc1. The number of fused-ring (bicyclic) bond motifs is 6. The van der Waals surface area contributed by atoms with E-state index in [9.17, 15) is 0 Å². The maximum atomic E-state index is 3.61. The molecule has 0 bridgehead atoms. The van der Waals surface area contributed by atoms with E-state index in [1.807, 2.05) is 0 Å². The minimum absolute atomic E-state index is 0.803. The molecule has 0 saturated carbocycles. The highest BCUT2D eigenvalue weighted by molar-refractivity contribution is 6.21. The van der Waals surface area contributed by atoms with E-state index in [-0.39, 0.29) is 0 Å². The molecule has 0 amide bonds. The summed E-state index contributed by atoms with van der Waals surface area (Å²) >= 11 is 0. The van der Waals surface area contributed by atoms with Crippen LogP contribution < -0.4 is 10.2 Å². The van der Waals surface area contributed by atoms with Crippen molar-refractivity contribution in [2.75, 3.05) is 16.9 Å². The number of para-hydroxylation sites is 1. The molecule has 4 aromatic rings. The summed E-state index contributed by atoms with van der Waals surface area (Å²) in [6.07, 6.45) is 0. The smallest absolute Gasteiger partial charge is 0.0927 e. The van der Waals surface area contributed by atoms with E-state index in [0.717, 1.165) is 6.67 Å². The van der Waals surface area contributed by atoms with Crippen LogP contribution in [0.2, 0.25) is 0 Å². The van der Waals surface area contributed by atoms with Crippen LogP contribution in [0.5, 0.6) is 0 Å². The molecule has 110 valence electrons. The molecule has 0 spiro atoms. The molecule has 0 aromatic heterocycles. The molecule has 23 heavy (non-hydrogen) atoms. The van der Waals surface area contributed by atoms with Gasteiger partial charge in [0.1, 0.15) is 0 Å². The third kappa shape index (κ3) is 1.75. The summed E-state index contributed by atoms with van der Waals surface area (Å²) in [5.41, 5.74) is 3.74. The van der Waals surface area contributed by atoms with Crippen LogP contribution in [-0.4, -0.2) is 6.67 Å². The predicted molar refractivity (Wildman–Crippen MR) is 98.5 cm³/mol. The van der Waals surface area contributed by atoms with Gasteiger partial charge in [0.25, 0.3) is 0 Å². The van der Waals surface area contributed by atoms with E-state index in [1.54, 1.807) is 0 Å². The fraction of sp³-hybridized carbons (Fsp3) is 0.0476. The monoisotopic (exact) mass is 296 g/mol.